The molecule has 0 aliphatic heterocycles. The van der Waals surface area contributed by atoms with Crippen LogP contribution in [0, 0.1) is 19.8 Å². The van der Waals surface area contributed by atoms with Gasteiger partial charge in [0, 0.05) is 19.5 Å². The molecule has 0 spiro atoms. The van der Waals surface area contributed by atoms with Gasteiger partial charge in [-0.2, -0.15) is 5.10 Å². The van der Waals surface area contributed by atoms with E-state index in [1.54, 1.807) is 25.6 Å². The topological polar surface area (TPSA) is 64.0 Å². The van der Waals surface area contributed by atoms with Gasteiger partial charge in [0.1, 0.15) is 4.90 Å². The summed E-state index contributed by atoms with van der Waals surface area (Å²) in [6.07, 6.45) is 1.70. The van der Waals surface area contributed by atoms with Gasteiger partial charge in [-0.15, -0.1) is 11.6 Å². The highest BCUT2D eigenvalue weighted by Gasteiger charge is 2.23. The molecule has 0 saturated carbocycles. The van der Waals surface area contributed by atoms with Gasteiger partial charge in [-0.05, 0) is 32.6 Å². The predicted molar refractivity (Wildman–Crippen MR) is 77.0 cm³/mol. The van der Waals surface area contributed by atoms with Crippen molar-refractivity contribution < 1.29 is 8.42 Å². The van der Waals surface area contributed by atoms with Crippen LogP contribution in [-0.2, 0) is 17.1 Å². The van der Waals surface area contributed by atoms with E-state index in [1.807, 2.05) is 0 Å². The third kappa shape index (κ3) is 4.19. The average molecular weight is 308 g/mol. The van der Waals surface area contributed by atoms with E-state index in [-0.39, 0.29) is 0 Å². The quantitative estimate of drug-likeness (QED) is 0.619. The molecule has 110 valence electrons. The van der Waals surface area contributed by atoms with Crippen LogP contribution < -0.4 is 4.72 Å². The Kier molecular flexibility index (Phi) is 5.82. The van der Waals surface area contributed by atoms with Crippen LogP contribution in [0.5, 0.6) is 0 Å². The van der Waals surface area contributed by atoms with Gasteiger partial charge in [-0.1, -0.05) is 6.92 Å². The fourth-order valence-electron chi connectivity index (χ4n) is 1.95. The summed E-state index contributed by atoms with van der Waals surface area (Å²) < 4.78 is 28.6. The molecule has 0 aliphatic rings. The molecule has 0 fully saturated rings. The molecule has 0 aliphatic carbocycles. The third-order valence-electron chi connectivity index (χ3n) is 3.14. The highest BCUT2D eigenvalue weighted by atomic mass is 35.5. The van der Waals surface area contributed by atoms with Crippen LogP contribution in [0.3, 0.4) is 0 Å². The Balaban J connectivity index is 2.67. The molecule has 19 heavy (non-hydrogen) atoms. The summed E-state index contributed by atoms with van der Waals surface area (Å²) in [5.41, 5.74) is 1.18. The average Bonchev–Trinajstić information content (AvgIpc) is 2.59. The Bertz CT molecular complexity index is 525. The lowest BCUT2D eigenvalue weighted by atomic mass is 10.1. The monoisotopic (exact) mass is 307 g/mol. The summed E-state index contributed by atoms with van der Waals surface area (Å²) in [5, 5.41) is 4.13. The molecule has 0 bridgehead atoms. The van der Waals surface area contributed by atoms with Crippen molar-refractivity contribution in [2.75, 3.05) is 12.4 Å². The number of sulfonamides is 1. The van der Waals surface area contributed by atoms with E-state index in [1.165, 1.54) is 0 Å². The number of aryl methyl sites for hydroxylation is 2. The lowest BCUT2D eigenvalue weighted by molar-refractivity contribution is 0.543. The Hall–Kier alpha value is -0.590. The normalized spacial score (nSPS) is 13.7. The van der Waals surface area contributed by atoms with E-state index < -0.39 is 10.0 Å². The van der Waals surface area contributed by atoms with Crippen molar-refractivity contribution in [3.63, 3.8) is 0 Å². The molecule has 1 atom stereocenters. The molecule has 7 heteroatoms. The van der Waals surface area contributed by atoms with Gasteiger partial charge in [0.15, 0.2) is 0 Å². The van der Waals surface area contributed by atoms with Gasteiger partial charge in [0.2, 0.25) is 10.0 Å². The fraction of sp³-hybridized carbons (Fsp3) is 0.750. The number of halogens is 1. The van der Waals surface area contributed by atoms with E-state index in [9.17, 15) is 8.42 Å². The number of hydrogen-bond acceptors (Lipinski definition) is 3. The first-order valence-electron chi connectivity index (χ1n) is 6.35. The fourth-order valence-corrected chi connectivity index (χ4v) is 3.61. The number of alkyl halides is 1. The second-order valence-electron chi connectivity index (χ2n) is 4.92. The van der Waals surface area contributed by atoms with Crippen molar-refractivity contribution in [2.45, 2.75) is 38.5 Å². The van der Waals surface area contributed by atoms with E-state index in [0.717, 1.165) is 12.8 Å². The summed E-state index contributed by atoms with van der Waals surface area (Å²) >= 11 is 5.71. The summed E-state index contributed by atoms with van der Waals surface area (Å²) in [6.45, 7) is 5.94. The predicted octanol–water partition coefficient (Wildman–Crippen LogP) is 1.97. The van der Waals surface area contributed by atoms with Gasteiger partial charge in [-0.3, -0.25) is 4.68 Å². The van der Waals surface area contributed by atoms with E-state index in [2.05, 4.69) is 16.7 Å². The summed E-state index contributed by atoms with van der Waals surface area (Å²) in [7, 11) is -1.73. The smallest absolute Gasteiger partial charge is 0.244 e. The van der Waals surface area contributed by atoms with E-state index in [0.29, 0.717) is 34.6 Å². The number of nitrogens with one attached hydrogen (secondary N) is 1. The third-order valence-corrected chi connectivity index (χ3v) is 5.38. The zero-order chi connectivity index (χ0) is 14.6. The Morgan fingerprint density at radius 1 is 1.42 bits per heavy atom. The van der Waals surface area contributed by atoms with Crippen LogP contribution in [0.1, 0.15) is 31.2 Å². The van der Waals surface area contributed by atoms with Gasteiger partial charge >= 0.3 is 0 Å². The molecule has 5 nitrogen and oxygen atoms in total. The highest BCUT2D eigenvalue weighted by Crippen LogP contribution is 2.18. The molecule has 1 heterocycles. The molecule has 1 N–H and O–H groups in total. The first-order valence-corrected chi connectivity index (χ1v) is 8.37. The first-order chi connectivity index (χ1) is 8.79. The van der Waals surface area contributed by atoms with Gasteiger partial charge < -0.3 is 0 Å². The van der Waals surface area contributed by atoms with Crippen LogP contribution in [0.4, 0.5) is 0 Å². The van der Waals surface area contributed by atoms with Crippen LogP contribution in [0.25, 0.3) is 0 Å². The maximum atomic E-state index is 12.2. The molecule has 1 aromatic rings. The van der Waals surface area contributed by atoms with Gasteiger partial charge in [0.05, 0.1) is 11.4 Å². The van der Waals surface area contributed by atoms with Crippen molar-refractivity contribution in [3.8, 4) is 0 Å². The Labute approximate surface area is 120 Å². The number of aromatic nitrogens is 2. The van der Waals surface area contributed by atoms with E-state index >= 15 is 0 Å². The van der Waals surface area contributed by atoms with E-state index in [4.69, 9.17) is 11.6 Å². The molecular weight excluding hydrogens is 286 g/mol. The minimum atomic E-state index is -3.47. The molecule has 0 amide bonds. The maximum Gasteiger partial charge on any atom is 0.244 e. The zero-order valence-electron chi connectivity index (χ0n) is 11.9. The van der Waals surface area contributed by atoms with Crippen molar-refractivity contribution in [2.24, 2.45) is 13.0 Å². The molecule has 0 aromatic carbocycles. The Morgan fingerprint density at radius 3 is 2.53 bits per heavy atom. The van der Waals surface area contributed by atoms with Gasteiger partial charge in [0.25, 0.3) is 0 Å². The molecule has 1 aromatic heterocycles. The second-order valence-corrected chi connectivity index (χ2v) is 6.94. The van der Waals surface area contributed by atoms with Gasteiger partial charge in [-0.25, -0.2) is 13.1 Å². The lowest BCUT2D eigenvalue weighted by Crippen LogP contribution is -2.26. The largest absolute Gasteiger partial charge is 0.271 e. The van der Waals surface area contributed by atoms with Crippen LogP contribution in [-0.4, -0.2) is 30.6 Å². The van der Waals surface area contributed by atoms with Crippen LogP contribution >= 0.6 is 11.6 Å². The highest BCUT2D eigenvalue weighted by molar-refractivity contribution is 7.89. The first kappa shape index (κ1) is 16.5. The van der Waals surface area contributed by atoms with Crippen molar-refractivity contribution in [1.29, 1.82) is 0 Å². The minimum Gasteiger partial charge on any atom is -0.271 e. The summed E-state index contributed by atoms with van der Waals surface area (Å²) in [4.78, 5) is 0.292. The number of hydrogen-bond donors (Lipinski definition) is 1. The van der Waals surface area contributed by atoms with Crippen LogP contribution in [0.15, 0.2) is 4.90 Å². The zero-order valence-corrected chi connectivity index (χ0v) is 13.5. The van der Waals surface area contributed by atoms with Crippen molar-refractivity contribution in [3.05, 3.63) is 11.4 Å². The lowest BCUT2D eigenvalue weighted by Gasteiger charge is -2.09. The molecule has 1 unspecified atom stereocenters. The maximum absolute atomic E-state index is 12.2. The van der Waals surface area contributed by atoms with Crippen molar-refractivity contribution in [1.82, 2.24) is 14.5 Å². The molecule has 0 radical (unpaired) electrons. The molecular formula is C12H22ClN3O2S. The SMILES string of the molecule is Cc1nn(C)c(C)c1S(=O)(=O)NCCCC(C)CCl. The summed E-state index contributed by atoms with van der Waals surface area (Å²) in [5.74, 6) is 1.01. The van der Waals surface area contributed by atoms with Crippen LogP contribution in [0.2, 0.25) is 0 Å². The second kappa shape index (κ2) is 6.72. The van der Waals surface area contributed by atoms with Crippen molar-refractivity contribution >= 4 is 21.6 Å². The number of nitrogens with zero attached hydrogens (tertiary/aromatic N) is 2. The minimum absolute atomic E-state index is 0.292. The molecule has 0 saturated heterocycles. The number of rotatable bonds is 7. The summed E-state index contributed by atoms with van der Waals surface area (Å²) in [6, 6.07) is 0. The standard InChI is InChI=1S/C12H22ClN3O2S/c1-9(8-13)6-5-7-14-19(17,18)12-10(2)15-16(4)11(12)3/h9,14H,5-8H2,1-4H3. The Morgan fingerprint density at radius 2 is 2.05 bits per heavy atom. The molecule has 1 rings (SSSR count).